The lowest BCUT2D eigenvalue weighted by molar-refractivity contribution is -0.148. The van der Waals surface area contributed by atoms with Crippen LogP contribution in [0.2, 0.25) is 0 Å². The molecule has 2 N–H and O–H groups in total. The molecule has 4 heterocycles. The van der Waals surface area contributed by atoms with E-state index in [0.29, 0.717) is 40.8 Å². The fourth-order valence-corrected chi connectivity index (χ4v) is 5.74. The van der Waals surface area contributed by atoms with Gasteiger partial charge in [0.1, 0.15) is 10.9 Å². The highest BCUT2D eigenvalue weighted by Crippen LogP contribution is 2.30. The number of nitrogens with zero attached hydrogens (tertiary/aromatic N) is 4. The van der Waals surface area contributed by atoms with Crippen molar-refractivity contribution in [2.24, 2.45) is 5.92 Å². The van der Waals surface area contributed by atoms with Crippen LogP contribution in [0, 0.1) is 19.8 Å². The van der Waals surface area contributed by atoms with E-state index in [2.05, 4.69) is 25.8 Å². The molecular weight excluding hydrogens is 492 g/mol. The van der Waals surface area contributed by atoms with Crippen molar-refractivity contribution in [2.45, 2.75) is 46.2 Å². The van der Waals surface area contributed by atoms with E-state index in [4.69, 9.17) is 4.52 Å². The molecule has 0 bridgehead atoms. The number of amides is 3. The molecule has 0 aliphatic carbocycles. The molecular formula is C26H30N6O4S. The highest BCUT2D eigenvalue weighted by atomic mass is 32.1. The van der Waals surface area contributed by atoms with Crippen LogP contribution in [0.4, 0.5) is 0 Å². The van der Waals surface area contributed by atoms with Crippen LogP contribution in [0.15, 0.2) is 34.9 Å². The highest BCUT2D eigenvalue weighted by molar-refractivity contribution is 7.17. The van der Waals surface area contributed by atoms with Crippen LogP contribution >= 0.6 is 11.3 Å². The summed E-state index contributed by atoms with van der Waals surface area (Å²) in [6, 6.07) is 8.77. The Kier molecular flexibility index (Phi) is 7.07. The van der Waals surface area contributed by atoms with Gasteiger partial charge in [-0.15, -0.1) is 11.3 Å². The first-order valence-electron chi connectivity index (χ1n) is 12.5. The van der Waals surface area contributed by atoms with Crippen LogP contribution in [0.3, 0.4) is 0 Å². The minimum Gasteiger partial charge on any atom is -0.353 e. The molecule has 0 saturated carbocycles. The molecule has 1 saturated heterocycles. The van der Waals surface area contributed by atoms with Crippen LogP contribution in [0.5, 0.6) is 0 Å². The molecule has 10 nitrogen and oxygen atoms in total. The van der Waals surface area contributed by atoms with E-state index < -0.39 is 12.0 Å². The van der Waals surface area contributed by atoms with Crippen molar-refractivity contribution in [1.29, 1.82) is 0 Å². The van der Waals surface area contributed by atoms with Crippen molar-refractivity contribution in [3.8, 4) is 10.8 Å². The van der Waals surface area contributed by atoms with Crippen LogP contribution in [-0.4, -0.2) is 57.5 Å². The molecule has 2 aliphatic rings. The standard InChI is InChI=1S/C26H30N6O4S/c1-4-17(13-27-24(34)22-16(3)28-25(37-22)20-12-15(2)30-36-20)23(33)29-21-19-9-6-5-8-18(19)14-31-10-7-11-32(31)26(21)35/h5-6,8-9,12,17,21H,4,7,10-11,13-14H2,1-3H3,(H,27,34)(H,29,33)/t17?,21-/m0/s1. The number of aromatic nitrogens is 2. The Balaban J connectivity index is 1.27. The fourth-order valence-electron chi connectivity index (χ4n) is 4.81. The number of carbonyl (C=O) groups is 3. The van der Waals surface area contributed by atoms with Gasteiger partial charge in [0.2, 0.25) is 5.91 Å². The van der Waals surface area contributed by atoms with E-state index in [1.54, 1.807) is 18.0 Å². The van der Waals surface area contributed by atoms with Gasteiger partial charge in [0.05, 0.1) is 17.3 Å². The molecule has 3 amide bonds. The van der Waals surface area contributed by atoms with E-state index in [1.165, 1.54) is 11.3 Å². The number of benzene rings is 1. The molecule has 3 aromatic rings. The summed E-state index contributed by atoms with van der Waals surface area (Å²) < 4.78 is 5.27. The monoisotopic (exact) mass is 522 g/mol. The first-order chi connectivity index (χ1) is 17.9. The lowest BCUT2D eigenvalue weighted by atomic mass is 9.98. The van der Waals surface area contributed by atoms with Gasteiger partial charge in [0.25, 0.3) is 11.8 Å². The minimum atomic E-state index is -0.756. The third-order valence-electron chi connectivity index (χ3n) is 6.85. The van der Waals surface area contributed by atoms with E-state index in [-0.39, 0.29) is 24.3 Å². The maximum Gasteiger partial charge on any atom is 0.264 e. The van der Waals surface area contributed by atoms with Crippen molar-refractivity contribution in [2.75, 3.05) is 19.6 Å². The van der Waals surface area contributed by atoms with Gasteiger partial charge in [-0.1, -0.05) is 36.3 Å². The highest BCUT2D eigenvalue weighted by Gasteiger charge is 2.38. The van der Waals surface area contributed by atoms with Crippen molar-refractivity contribution in [3.63, 3.8) is 0 Å². The number of hydrogen-bond acceptors (Lipinski definition) is 8. The summed E-state index contributed by atoms with van der Waals surface area (Å²) in [6.07, 6.45) is 1.42. The largest absolute Gasteiger partial charge is 0.353 e. The molecule has 2 aliphatic heterocycles. The second-order valence-electron chi connectivity index (χ2n) is 9.42. The summed E-state index contributed by atoms with van der Waals surface area (Å²) in [7, 11) is 0. The third-order valence-corrected chi connectivity index (χ3v) is 8.02. The number of rotatable bonds is 7. The Bertz CT molecular complexity index is 1330. The van der Waals surface area contributed by atoms with Crippen LogP contribution < -0.4 is 10.6 Å². The number of thiazole rings is 1. The minimum absolute atomic E-state index is 0.120. The fraction of sp³-hybridized carbons (Fsp3) is 0.423. The molecule has 1 unspecified atom stereocenters. The van der Waals surface area contributed by atoms with Crippen LogP contribution in [-0.2, 0) is 16.1 Å². The van der Waals surface area contributed by atoms with Gasteiger partial charge >= 0.3 is 0 Å². The number of hydrogen-bond donors (Lipinski definition) is 2. The van der Waals surface area contributed by atoms with E-state index >= 15 is 0 Å². The maximum atomic E-state index is 13.4. The average molecular weight is 523 g/mol. The smallest absolute Gasteiger partial charge is 0.264 e. The SMILES string of the molecule is CCC(CNC(=O)c1sc(-c2cc(C)no2)nc1C)C(=O)N[C@@H]1C(=O)N2CCCN2Cc2ccccc21. The molecule has 1 fully saturated rings. The second kappa shape index (κ2) is 10.4. The zero-order valence-electron chi connectivity index (χ0n) is 21.1. The van der Waals surface area contributed by atoms with Crippen molar-refractivity contribution < 1.29 is 18.9 Å². The Morgan fingerprint density at radius 3 is 2.81 bits per heavy atom. The Labute approximate surface area is 219 Å². The summed E-state index contributed by atoms with van der Waals surface area (Å²) in [5.74, 6) is -0.660. The predicted octanol–water partition coefficient (Wildman–Crippen LogP) is 2.99. The molecule has 194 valence electrons. The van der Waals surface area contributed by atoms with Crippen LogP contribution in [0.25, 0.3) is 10.8 Å². The lowest BCUT2D eigenvalue weighted by Gasteiger charge is -2.28. The number of nitrogens with one attached hydrogen (secondary N) is 2. The number of fused-ring (bicyclic) bond motifs is 2. The van der Waals surface area contributed by atoms with E-state index in [9.17, 15) is 14.4 Å². The number of hydrazine groups is 1. The summed E-state index contributed by atoms with van der Waals surface area (Å²) in [5.41, 5.74) is 3.17. The molecule has 37 heavy (non-hydrogen) atoms. The zero-order chi connectivity index (χ0) is 26.1. The first-order valence-corrected chi connectivity index (χ1v) is 13.3. The Morgan fingerprint density at radius 1 is 1.24 bits per heavy atom. The van der Waals surface area contributed by atoms with Gasteiger partial charge in [0, 0.05) is 32.2 Å². The molecule has 0 spiro atoms. The van der Waals surface area contributed by atoms with Gasteiger partial charge in [-0.05, 0) is 37.8 Å². The van der Waals surface area contributed by atoms with Gasteiger partial charge in [-0.3, -0.25) is 19.4 Å². The zero-order valence-corrected chi connectivity index (χ0v) is 21.9. The Morgan fingerprint density at radius 2 is 2.05 bits per heavy atom. The predicted molar refractivity (Wildman–Crippen MR) is 137 cm³/mol. The van der Waals surface area contributed by atoms with E-state index in [1.807, 2.05) is 38.1 Å². The summed E-state index contributed by atoms with van der Waals surface area (Å²) >= 11 is 1.22. The van der Waals surface area contributed by atoms with Gasteiger partial charge in [-0.25, -0.2) is 9.99 Å². The second-order valence-corrected chi connectivity index (χ2v) is 10.4. The lowest BCUT2D eigenvalue weighted by Crippen LogP contribution is -2.47. The van der Waals surface area contributed by atoms with Crippen molar-refractivity contribution in [3.05, 3.63) is 57.7 Å². The summed E-state index contributed by atoms with van der Waals surface area (Å²) in [5, 5.41) is 14.1. The normalized spacial score (nSPS) is 18.2. The topological polar surface area (TPSA) is 121 Å². The molecule has 2 atom stereocenters. The van der Waals surface area contributed by atoms with Gasteiger partial charge in [-0.2, -0.15) is 0 Å². The third kappa shape index (κ3) is 5.01. The molecule has 0 radical (unpaired) electrons. The number of carbonyl (C=O) groups excluding carboxylic acids is 3. The van der Waals surface area contributed by atoms with Crippen molar-refractivity contribution >= 4 is 29.1 Å². The number of aryl methyl sites for hydroxylation is 2. The summed E-state index contributed by atoms with van der Waals surface area (Å²) in [6.45, 7) is 7.73. The van der Waals surface area contributed by atoms with Gasteiger partial charge < -0.3 is 15.2 Å². The molecule has 1 aromatic carbocycles. The quantitative estimate of drug-likeness (QED) is 0.489. The Hall–Kier alpha value is -3.57. The first kappa shape index (κ1) is 25.1. The van der Waals surface area contributed by atoms with Crippen molar-refractivity contribution in [1.82, 2.24) is 30.8 Å². The average Bonchev–Trinajstić information content (AvgIpc) is 3.61. The van der Waals surface area contributed by atoms with E-state index in [0.717, 1.165) is 29.8 Å². The van der Waals surface area contributed by atoms with Crippen LogP contribution in [0.1, 0.15) is 58.0 Å². The maximum absolute atomic E-state index is 13.4. The van der Waals surface area contributed by atoms with Gasteiger partial charge in [0.15, 0.2) is 10.8 Å². The summed E-state index contributed by atoms with van der Waals surface area (Å²) in [4.78, 5) is 44.6. The molecule has 2 aromatic heterocycles. The molecule has 11 heteroatoms. The molecule has 5 rings (SSSR count).